The van der Waals surface area contributed by atoms with Gasteiger partial charge in [0.15, 0.2) is 0 Å². The quantitative estimate of drug-likeness (QED) is 0.193. The van der Waals surface area contributed by atoms with Crippen molar-refractivity contribution in [2.75, 3.05) is 26.2 Å². The van der Waals surface area contributed by atoms with Crippen molar-refractivity contribution in [2.24, 2.45) is 0 Å². The summed E-state index contributed by atoms with van der Waals surface area (Å²) >= 11 is 0. The number of rotatable bonds is 8. The zero-order chi connectivity index (χ0) is 30.9. The number of aryl methyl sites for hydroxylation is 1. The maximum Gasteiger partial charge on any atom is 0.122 e. The highest BCUT2D eigenvalue weighted by molar-refractivity contribution is 5.88. The molecule has 1 unspecified atom stereocenters. The summed E-state index contributed by atoms with van der Waals surface area (Å²) in [6.07, 6.45) is 13.9. The Morgan fingerprint density at radius 2 is 1.59 bits per heavy atom. The molecule has 4 aromatic rings. The lowest BCUT2D eigenvalue weighted by Crippen LogP contribution is -2.31. The molecule has 1 saturated carbocycles. The van der Waals surface area contributed by atoms with Gasteiger partial charge in [0.05, 0.1) is 14.2 Å². The number of methoxy groups -OCH3 is 2. The van der Waals surface area contributed by atoms with Crippen LogP contribution in [0.4, 0.5) is 5.69 Å². The maximum atomic E-state index is 5.66. The van der Waals surface area contributed by atoms with E-state index in [1.807, 2.05) is 6.07 Å². The molecule has 1 aliphatic carbocycles. The van der Waals surface area contributed by atoms with Gasteiger partial charge >= 0.3 is 0 Å². The van der Waals surface area contributed by atoms with Crippen molar-refractivity contribution in [3.8, 4) is 11.5 Å². The van der Waals surface area contributed by atoms with Crippen molar-refractivity contribution in [3.63, 3.8) is 0 Å². The summed E-state index contributed by atoms with van der Waals surface area (Å²) in [7, 11) is 5.65. The fourth-order valence-corrected chi connectivity index (χ4v) is 8.00. The van der Waals surface area contributed by atoms with Crippen molar-refractivity contribution in [1.29, 1.82) is 0 Å². The SMILES string of the molecule is C=C(/C=C/C=C1/N(C)c2ccccc2C12CCCCC2)C(C)(Cc1cc(OC)cc(OC)c1)c1c(C)ccc2ccccc12. The average molecular weight is 584 g/mol. The fourth-order valence-electron chi connectivity index (χ4n) is 8.00. The van der Waals surface area contributed by atoms with Crippen molar-refractivity contribution < 1.29 is 9.47 Å². The van der Waals surface area contributed by atoms with E-state index in [-0.39, 0.29) is 10.8 Å². The predicted molar refractivity (Wildman–Crippen MR) is 185 cm³/mol. The third kappa shape index (κ3) is 5.13. The molecule has 1 heterocycles. The van der Waals surface area contributed by atoms with Gasteiger partial charge < -0.3 is 14.4 Å². The lowest BCUT2D eigenvalue weighted by molar-refractivity contribution is 0.347. The lowest BCUT2D eigenvalue weighted by Gasteiger charge is -2.36. The Hall–Kier alpha value is -4.24. The minimum atomic E-state index is -0.385. The Bertz CT molecular complexity index is 1730. The highest BCUT2D eigenvalue weighted by Crippen LogP contribution is 2.54. The zero-order valence-corrected chi connectivity index (χ0v) is 27.0. The van der Waals surface area contributed by atoms with Crippen LogP contribution in [-0.4, -0.2) is 21.3 Å². The average Bonchev–Trinajstić information content (AvgIpc) is 3.27. The number of benzene rings is 4. The number of nitrogens with zero attached hydrogens (tertiary/aromatic N) is 1. The van der Waals surface area contributed by atoms with E-state index in [2.05, 4.69) is 117 Å². The molecule has 3 nitrogen and oxygen atoms in total. The summed E-state index contributed by atoms with van der Waals surface area (Å²) in [5, 5.41) is 2.51. The second-order valence-electron chi connectivity index (χ2n) is 12.9. The lowest BCUT2D eigenvalue weighted by atomic mass is 9.68. The molecule has 0 aromatic heterocycles. The Labute approximate surface area is 263 Å². The molecular weight excluding hydrogens is 538 g/mol. The molecular formula is C41H45NO2. The van der Waals surface area contributed by atoms with Crippen LogP contribution in [0.3, 0.4) is 0 Å². The number of hydrogen-bond donors (Lipinski definition) is 0. The number of hydrogen-bond acceptors (Lipinski definition) is 3. The minimum Gasteiger partial charge on any atom is -0.497 e. The van der Waals surface area contributed by atoms with Crippen LogP contribution < -0.4 is 14.4 Å². The van der Waals surface area contributed by atoms with Gasteiger partial charge in [-0.2, -0.15) is 0 Å². The summed E-state index contributed by atoms with van der Waals surface area (Å²) < 4.78 is 11.3. The van der Waals surface area contributed by atoms with Crippen molar-refractivity contribution >= 4 is 16.5 Å². The van der Waals surface area contributed by atoms with Crippen LogP contribution in [-0.2, 0) is 17.3 Å². The van der Waals surface area contributed by atoms with Gasteiger partial charge in [0, 0.05) is 35.3 Å². The summed E-state index contributed by atoms with van der Waals surface area (Å²) in [4.78, 5) is 2.42. The van der Waals surface area contributed by atoms with Crippen molar-refractivity contribution in [2.45, 2.75) is 63.2 Å². The molecule has 1 fully saturated rings. The molecule has 2 aliphatic rings. The first kappa shape index (κ1) is 29.8. The molecule has 44 heavy (non-hydrogen) atoms. The number of allylic oxidation sites excluding steroid dienone is 5. The van der Waals surface area contributed by atoms with E-state index in [1.165, 1.54) is 71.0 Å². The smallest absolute Gasteiger partial charge is 0.122 e. The summed E-state index contributed by atoms with van der Waals surface area (Å²) in [6.45, 7) is 9.33. The van der Waals surface area contributed by atoms with Gasteiger partial charge in [-0.3, -0.25) is 0 Å². The summed E-state index contributed by atoms with van der Waals surface area (Å²) in [6, 6.07) is 28.4. The van der Waals surface area contributed by atoms with Crippen LogP contribution in [0.5, 0.6) is 11.5 Å². The zero-order valence-electron chi connectivity index (χ0n) is 27.0. The molecule has 0 N–H and O–H groups in total. The molecule has 1 atom stereocenters. The highest BCUT2D eigenvalue weighted by atomic mass is 16.5. The molecule has 0 amide bonds. The van der Waals surface area contributed by atoms with E-state index in [0.29, 0.717) is 0 Å². The third-order valence-corrected chi connectivity index (χ3v) is 10.3. The predicted octanol–water partition coefficient (Wildman–Crippen LogP) is 10.0. The van der Waals surface area contributed by atoms with E-state index >= 15 is 0 Å². The van der Waals surface area contributed by atoms with Gasteiger partial charge in [-0.1, -0.05) is 99.5 Å². The van der Waals surface area contributed by atoms with Crippen LogP contribution >= 0.6 is 0 Å². The Balaban J connectivity index is 1.44. The first-order valence-corrected chi connectivity index (χ1v) is 15.9. The van der Waals surface area contributed by atoms with Crippen molar-refractivity contribution in [1.82, 2.24) is 0 Å². The van der Waals surface area contributed by atoms with E-state index < -0.39 is 0 Å². The Morgan fingerprint density at radius 1 is 0.909 bits per heavy atom. The molecule has 0 saturated heterocycles. The molecule has 3 heteroatoms. The van der Waals surface area contributed by atoms with E-state index in [9.17, 15) is 0 Å². The highest BCUT2D eigenvalue weighted by Gasteiger charge is 2.46. The first-order chi connectivity index (χ1) is 21.3. The van der Waals surface area contributed by atoms with Gasteiger partial charge in [0.2, 0.25) is 0 Å². The number of anilines is 1. The van der Waals surface area contributed by atoms with Gasteiger partial charge in [-0.25, -0.2) is 0 Å². The van der Waals surface area contributed by atoms with Crippen LogP contribution in [0.2, 0.25) is 0 Å². The summed E-state index contributed by atoms with van der Waals surface area (Å²) in [5.74, 6) is 1.59. The number of likely N-dealkylation sites (N-methyl/N-ethyl adjacent to an activating group) is 1. The van der Waals surface area contributed by atoms with Crippen molar-refractivity contribution in [3.05, 3.63) is 137 Å². The van der Waals surface area contributed by atoms with Gasteiger partial charge in [-0.15, -0.1) is 0 Å². The first-order valence-electron chi connectivity index (χ1n) is 15.9. The molecule has 0 bridgehead atoms. The Kier molecular flexibility index (Phi) is 8.16. The summed E-state index contributed by atoms with van der Waals surface area (Å²) in [5.41, 5.74) is 8.76. The van der Waals surface area contributed by atoms with Crippen LogP contribution in [0, 0.1) is 6.92 Å². The molecule has 6 rings (SSSR count). The van der Waals surface area contributed by atoms with Crippen LogP contribution in [0.15, 0.2) is 115 Å². The molecule has 226 valence electrons. The van der Waals surface area contributed by atoms with E-state index in [0.717, 1.165) is 29.1 Å². The van der Waals surface area contributed by atoms with Crippen LogP contribution in [0.1, 0.15) is 61.3 Å². The van der Waals surface area contributed by atoms with Gasteiger partial charge in [0.1, 0.15) is 11.5 Å². The Morgan fingerprint density at radius 3 is 2.32 bits per heavy atom. The maximum absolute atomic E-state index is 5.66. The number of fused-ring (bicyclic) bond motifs is 3. The second-order valence-corrected chi connectivity index (χ2v) is 12.9. The number of ether oxygens (including phenoxy) is 2. The standard InChI is InChI=1S/C41H45NO2/c1-29-21-22-32-16-8-9-17-35(32)39(29)40(3,28-31-25-33(43-5)27-34(26-31)44-6)30(2)15-14-20-38-41(23-12-7-13-24-41)36-18-10-11-19-37(36)42(38)4/h8-11,14-22,25-27H,2,7,12-13,23-24,28H2,1,3-6H3/b15-14+,38-20+. The molecule has 1 aliphatic heterocycles. The van der Waals surface area contributed by atoms with E-state index in [4.69, 9.17) is 16.1 Å². The topological polar surface area (TPSA) is 21.7 Å². The van der Waals surface area contributed by atoms with Gasteiger partial charge in [0.25, 0.3) is 0 Å². The molecule has 1 spiro atoms. The monoisotopic (exact) mass is 583 g/mol. The molecule has 4 aromatic carbocycles. The minimum absolute atomic E-state index is 0.0991. The molecule has 0 radical (unpaired) electrons. The normalized spacial score (nSPS) is 18.1. The number of para-hydroxylation sites is 1. The van der Waals surface area contributed by atoms with Crippen LogP contribution in [0.25, 0.3) is 10.8 Å². The van der Waals surface area contributed by atoms with Gasteiger partial charge in [-0.05, 0) is 89.1 Å². The largest absolute Gasteiger partial charge is 0.497 e. The third-order valence-electron chi connectivity index (χ3n) is 10.3. The fraction of sp³-hybridized carbons (Fsp3) is 0.317. The second kappa shape index (κ2) is 12.0. The van der Waals surface area contributed by atoms with E-state index in [1.54, 1.807) is 14.2 Å².